The van der Waals surface area contributed by atoms with Gasteiger partial charge in [-0.05, 0) is 23.8 Å². The number of nitrogens with one attached hydrogen (secondary N) is 1. The zero-order valence-corrected chi connectivity index (χ0v) is 15.4. The molecule has 0 radical (unpaired) electrons. The van der Waals surface area contributed by atoms with E-state index in [2.05, 4.69) is 15.3 Å². The van der Waals surface area contributed by atoms with E-state index in [0.29, 0.717) is 30.7 Å². The monoisotopic (exact) mass is 368 g/mol. The summed E-state index contributed by atoms with van der Waals surface area (Å²) in [6, 6.07) is 9.45. The second-order valence-corrected chi connectivity index (χ2v) is 7.07. The molecule has 0 unspecified atom stereocenters. The smallest absolute Gasteiger partial charge is 0.227 e. The lowest BCUT2D eigenvalue weighted by Gasteiger charge is -2.20. The molecular weight excluding hydrogens is 344 g/mol. The third kappa shape index (κ3) is 4.03. The van der Waals surface area contributed by atoms with Crippen molar-refractivity contribution in [3.05, 3.63) is 48.3 Å². The van der Waals surface area contributed by atoms with E-state index in [0.717, 1.165) is 31.0 Å². The van der Waals surface area contributed by atoms with Gasteiger partial charge in [0.05, 0.1) is 26.2 Å². The van der Waals surface area contributed by atoms with Gasteiger partial charge >= 0.3 is 0 Å². The number of hydrogen-bond donors (Lipinski definition) is 1. The van der Waals surface area contributed by atoms with Crippen molar-refractivity contribution in [2.24, 2.45) is 11.8 Å². The summed E-state index contributed by atoms with van der Waals surface area (Å²) in [5.41, 5.74) is 0.998. The van der Waals surface area contributed by atoms with Crippen LogP contribution in [-0.4, -0.2) is 60.2 Å². The molecular formula is C20H24N4O3. The Balaban J connectivity index is 1.31. The molecule has 2 saturated heterocycles. The van der Waals surface area contributed by atoms with Gasteiger partial charge < -0.3 is 19.7 Å². The van der Waals surface area contributed by atoms with E-state index in [1.54, 1.807) is 25.6 Å². The zero-order valence-electron chi connectivity index (χ0n) is 15.4. The molecule has 2 aromatic rings. The first-order chi connectivity index (χ1) is 13.2. The van der Waals surface area contributed by atoms with Crippen LogP contribution in [0.15, 0.2) is 42.7 Å². The summed E-state index contributed by atoms with van der Waals surface area (Å²) in [5, 5.41) is 3.28. The first-order valence-corrected chi connectivity index (χ1v) is 9.26. The average Bonchev–Trinajstić information content (AvgIpc) is 3.29. The van der Waals surface area contributed by atoms with E-state index >= 15 is 0 Å². The minimum Gasteiger partial charge on any atom is -0.497 e. The van der Waals surface area contributed by atoms with Crippen LogP contribution in [0.1, 0.15) is 5.56 Å². The van der Waals surface area contributed by atoms with Crippen molar-refractivity contribution in [3.8, 4) is 5.75 Å². The molecule has 7 nitrogen and oxygen atoms in total. The summed E-state index contributed by atoms with van der Waals surface area (Å²) in [6.07, 6.45) is 3.98. The van der Waals surface area contributed by atoms with Crippen molar-refractivity contribution in [2.75, 3.05) is 38.7 Å². The average molecular weight is 368 g/mol. The minimum atomic E-state index is 0.133. The van der Waals surface area contributed by atoms with Crippen molar-refractivity contribution in [2.45, 2.75) is 12.5 Å². The first-order valence-electron chi connectivity index (χ1n) is 9.26. The van der Waals surface area contributed by atoms with E-state index in [-0.39, 0.29) is 12.0 Å². The van der Waals surface area contributed by atoms with E-state index in [9.17, 15) is 4.79 Å². The Bertz CT molecular complexity index is 769. The van der Waals surface area contributed by atoms with Gasteiger partial charge in [-0.1, -0.05) is 12.1 Å². The highest BCUT2D eigenvalue weighted by atomic mass is 16.5. The Labute approximate surface area is 158 Å². The van der Waals surface area contributed by atoms with Gasteiger partial charge in [0.15, 0.2) is 0 Å². The fraction of sp³-hybridized carbons (Fsp3) is 0.450. The number of benzene rings is 1. The summed E-state index contributed by atoms with van der Waals surface area (Å²) in [6.45, 7) is 2.90. The summed E-state index contributed by atoms with van der Waals surface area (Å²) < 4.78 is 11.1. The number of fused-ring (bicyclic) bond motifs is 1. The Morgan fingerprint density at radius 3 is 2.78 bits per heavy atom. The predicted octanol–water partition coefficient (Wildman–Crippen LogP) is 1.61. The number of anilines is 1. The van der Waals surface area contributed by atoms with Gasteiger partial charge in [0.1, 0.15) is 5.75 Å². The Hall–Kier alpha value is -2.67. The highest BCUT2D eigenvalue weighted by Gasteiger charge is 2.44. The fourth-order valence-corrected chi connectivity index (χ4v) is 3.86. The number of likely N-dealkylation sites (tertiary alicyclic amines) is 1. The van der Waals surface area contributed by atoms with Gasteiger partial charge in [-0.2, -0.15) is 0 Å². The van der Waals surface area contributed by atoms with E-state index in [4.69, 9.17) is 9.47 Å². The third-order valence-corrected chi connectivity index (χ3v) is 5.39. The van der Waals surface area contributed by atoms with Crippen LogP contribution in [0.4, 0.5) is 5.95 Å². The molecule has 4 rings (SSSR count). The van der Waals surface area contributed by atoms with E-state index in [1.807, 2.05) is 29.2 Å². The number of ether oxygens (including phenoxy) is 2. The quantitative estimate of drug-likeness (QED) is 0.835. The lowest BCUT2D eigenvalue weighted by atomic mass is 9.93. The lowest BCUT2D eigenvalue weighted by molar-refractivity contribution is -0.130. The van der Waals surface area contributed by atoms with Crippen molar-refractivity contribution in [3.63, 3.8) is 0 Å². The molecule has 27 heavy (non-hydrogen) atoms. The number of hydrogen-bond acceptors (Lipinski definition) is 6. The molecule has 1 amide bonds. The lowest BCUT2D eigenvalue weighted by Crippen LogP contribution is -2.33. The molecule has 7 heteroatoms. The Morgan fingerprint density at radius 2 is 2.04 bits per heavy atom. The van der Waals surface area contributed by atoms with Crippen LogP contribution in [0, 0.1) is 11.8 Å². The number of nitrogens with zero attached hydrogens (tertiary/aromatic N) is 3. The minimum absolute atomic E-state index is 0.133. The maximum absolute atomic E-state index is 12.7. The summed E-state index contributed by atoms with van der Waals surface area (Å²) in [7, 11) is 1.64. The third-order valence-electron chi connectivity index (χ3n) is 5.39. The zero-order chi connectivity index (χ0) is 18.6. The largest absolute Gasteiger partial charge is 0.497 e. The number of amides is 1. The molecule has 1 N–H and O–H groups in total. The number of rotatable bonds is 6. The van der Waals surface area contributed by atoms with E-state index < -0.39 is 0 Å². The molecule has 0 saturated carbocycles. The van der Waals surface area contributed by atoms with E-state index in [1.165, 1.54) is 0 Å². The highest BCUT2D eigenvalue weighted by Crippen LogP contribution is 2.34. The topological polar surface area (TPSA) is 76.6 Å². The van der Waals surface area contributed by atoms with Gasteiger partial charge in [-0.25, -0.2) is 9.97 Å². The van der Waals surface area contributed by atoms with Crippen molar-refractivity contribution >= 4 is 11.9 Å². The maximum atomic E-state index is 12.7. The van der Waals surface area contributed by atoms with Crippen LogP contribution in [0.25, 0.3) is 0 Å². The summed E-state index contributed by atoms with van der Waals surface area (Å²) in [4.78, 5) is 23.0. The van der Waals surface area contributed by atoms with Crippen LogP contribution < -0.4 is 10.1 Å². The summed E-state index contributed by atoms with van der Waals surface area (Å²) >= 11 is 0. The molecule has 0 spiro atoms. The molecule has 0 aliphatic carbocycles. The number of carbonyl (C=O) groups is 1. The normalized spacial score (nSPS) is 23.9. The number of carbonyl (C=O) groups excluding carboxylic acids is 1. The molecule has 3 atom stereocenters. The molecule has 0 bridgehead atoms. The molecule has 2 aliphatic heterocycles. The van der Waals surface area contributed by atoms with Crippen LogP contribution in [0.2, 0.25) is 0 Å². The van der Waals surface area contributed by atoms with Crippen molar-refractivity contribution in [1.82, 2.24) is 14.9 Å². The molecule has 1 aromatic carbocycles. The van der Waals surface area contributed by atoms with Gasteiger partial charge in [-0.15, -0.1) is 0 Å². The van der Waals surface area contributed by atoms with Gasteiger partial charge in [-0.3, -0.25) is 4.79 Å². The number of methoxy groups -OCH3 is 1. The summed E-state index contributed by atoms with van der Waals surface area (Å²) in [5.74, 6) is 2.30. The highest BCUT2D eigenvalue weighted by molar-refractivity contribution is 5.79. The number of aromatic nitrogens is 2. The fourth-order valence-electron chi connectivity index (χ4n) is 3.86. The first kappa shape index (κ1) is 17.7. The van der Waals surface area contributed by atoms with Crippen LogP contribution in [0.3, 0.4) is 0 Å². The van der Waals surface area contributed by atoms with Gasteiger partial charge in [0.25, 0.3) is 0 Å². The Kier molecular flexibility index (Phi) is 5.20. The maximum Gasteiger partial charge on any atom is 0.227 e. The molecule has 3 heterocycles. The standard InChI is InChI=1S/C20H24N4O3/c1-26-16-5-3-14(4-6-16)9-19(25)24-11-17-15(13-27-18(17)12-24)10-23-20-21-7-2-8-22-20/h2-8,15,17-18H,9-13H2,1H3,(H,21,22,23)/t15-,17+,18+/m1/s1. The molecule has 2 aliphatic rings. The Morgan fingerprint density at radius 1 is 1.26 bits per heavy atom. The second-order valence-electron chi connectivity index (χ2n) is 7.07. The van der Waals surface area contributed by atoms with Crippen LogP contribution in [-0.2, 0) is 16.0 Å². The van der Waals surface area contributed by atoms with Crippen LogP contribution >= 0.6 is 0 Å². The van der Waals surface area contributed by atoms with Gasteiger partial charge in [0.2, 0.25) is 11.9 Å². The second kappa shape index (κ2) is 7.92. The van der Waals surface area contributed by atoms with Crippen molar-refractivity contribution < 1.29 is 14.3 Å². The van der Waals surface area contributed by atoms with Gasteiger partial charge in [0, 0.05) is 43.9 Å². The van der Waals surface area contributed by atoms with Crippen molar-refractivity contribution in [1.29, 1.82) is 0 Å². The molecule has 142 valence electrons. The predicted molar refractivity (Wildman–Crippen MR) is 101 cm³/mol. The molecule has 2 fully saturated rings. The SMILES string of the molecule is COc1ccc(CC(=O)N2C[C@H]3[C@H](CNc4ncccn4)CO[C@H]3C2)cc1. The van der Waals surface area contributed by atoms with Crippen LogP contribution in [0.5, 0.6) is 5.75 Å². The molecule has 1 aromatic heterocycles.